The molecule has 2 saturated carbocycles. The molecule has 1 atom stereocenters. The van der Waals surface area contributed by atoms with Crippen molar-refractivity contribution in [2.45, 2.75) is 76.7 Å². The minimum absolute atomic E-state index is 0.0310. The molecule has 0 spiro atoms. The van der Waals surface area contributed by atoms with E-state index in [9.17, 15) is 24.3 Å². The number of carboxylic acid groups (broad SMARTS) is 1. The van der Waals surface area contributed by atoms with Crippen LogP contribution >= 0.6 is 23.2 Å². The molecule has 220 valence electrons. The number of anilines is 1. The molecule has 0 unspecified atom stereocenters. The van der Waals surface area contributed by atoms with Crippen molar-refractivity contribution in [1.82, 2.24) is 10.6 Å². The second kappa shape index (κ2) is 14.2. The molecule has 41 heavy (non-hydrogen) atoms. The van der Waals surface area contributed by atoms with Gasteiger partial charge in [0.05, 0.1) is 21.0 Å². The summed E-state index contributed by atoms with van der Waals surface area (Å²) in [6.45, 7) is 0.406. The van der Waals surface area contributed by atoms with E-state index in [4.69, 9.17) is 23.2 Å². The lowest BCUT2D eigenvalue weighted by Gasteiger charge is -2.29. The summed E-state index contributed by atoms with van der Waals surface area (Å²) in [7, 11) is 0. The number of carbonyl (C=O) groups excluding carboxylic acids is 3. The van der Waals surface area contributed by atoms with Crippen molar-refractivity contribution in [2.75, 3.05) is 11.9 Å². The van der Waals surface area contributed by atoms with Crippen molar-refractivity contribution in [3.05, 3.63) is 63.6 Å². The van der Waals surface area contributed by atoms with E-state index in [1.165, 1.54) is 12.8 Å². The first-order chi connectivity index (χ1) is 19.7. The standard InChI is InChI=1S/C31H37Cl2N3O5/c32-23-8-5-9-24(33)27(23)28(38)35-22-12-10-21(11-13-22)18-25(29(39)40)36-30(41)31(14-3-4-15-31)16-17-34-26(37)19-20-6-1-2-7-20/h5,8-13,20,25H,1-4,6-7,14-19H2,(H,34,37)(H,35,38)(H,36,41)(H,39,40)/t25-/m0/s1. The Kier molecular flexibility index (Phi) is 10.7. The zero-order valence-corrected chi connectivity index (χ0v) is 24.5. The van der Waals surface area contributed by atoms with Crippen LogP contribution in [0.1, 0.15) is 80.1 Å². The van der Waals surface area contributed by atoms with Gasteiger partial charge in [0.2, 0.25) is 11.8 Å². The summed E-state index contributed by atoms with van der Waals surface area (Å²) in [4.78, 5) is 50.6. The number of nitrogens with one attached hydrogen (secondary N) is 3. The molecule has 4 N–H and O–H groups in total. The second-order valence-electron chi connectivity index (χ2n) is 11.3. The van der Waals surface area contributed by atoms with E-state index in [0.717, 1.165) is 25.7 Å². The largest absolute Gasteiger partial charge is 0.480 e. The zero-order valence-electron chi connectivity index (χ0n) is 23.0. The summed E-state index contributed by atoms with van der Waals surface area (Å²) < 4.78 is 0. The number of halogens is 2. The van der Waals surface area contributed by atoms with Crippen molar-refractivity contribution in [1.29, 1.82) is 0 Å². The van der Waals surface area contributed by atoms with Gasteiger partial charge in [-0.3, -0.25) is 14.4 Å². The Hall–Kier alpha value is -3.10. The number of carbonyl (C=O) groups is 4. The topological polar surface area (TPSA) is 125 Å². The minimum Gasteiger partial charge on any atom is -0.480 e. The molecule has 2 aliphatic rings. The average molecular weight is 603 g/mol. The van der Waals surface area contributed by atoms with Crippen LogP contribution < -0.4 is 16.0 Å². The van der Waals surface area contributed by atoms with Gasteiger partial charge in [0.1, 0.15) is 6.04 Å². The monoisotopic (exact) mass is 601 g/mol. The van der Waals surface area contributed by atoms with E-state index < -0.39 is 23.3 Å². The molecule has 2 fully saturated rings. The van der Waals surface area contributed by atoms with Gasteiger partial charge in [-0.05, 0) is 67.9 Å². The Morgan fingerprint density at radius 3 is 2.17 bits per heavy atom. The first-order valence-corrected chi connectivity index (χ1v) is 15.1. The molecule has 0 radical (unpaired) electrons. The summed E-state index contributed by atoms with van der Waals surface area (Å²) in [6.07, 6.45) is 8.83. The first kappa shape index (κ1) is 30.8. The van der Waals surface area contributed by atoms with Gasteiger partial charge in [0.25, 0.3) is 5.91 Å². The highest BCUT2D eigenvalue weighted by atomic mass is 35.5. The number of hydrogen-bond donors (Lipinski definition) is 4. The van der Waals surface area contributed by atoms with Gasteiger partial charge in [-0.25, -0.2) is 4.79 Å². The summed E-state index contributed by atoms with van der Waals surface area (Å²) in [5, 5.41) is 18.9. The third kappa shape index (κ3) is 8.23. The van der Waals surface area contributed by atoms with Crippen LogP contribution in [0, 0.1) is 11.3 Å². The molecule has 4 rings (SSSR count). The second-order valence-corrected chi connectivity index (χ2v) is 12.1. The highest BCUT2D eigenvalue weighted by Crippen LogP contribution is 2.41. The Morgan fingerprint density at radius 2 is 1.56 bits per heavy atom. The number of carboxylic acids is 1. The Morgan fingerprint density at radius 1 is 0.927 bits per heavy atom. The quantitative estimate of drug-likeness (QED) is 0.237. The molecule has 2 aromatic carbocycles. The predicted molar refractivity (Wildman–Crippen MR) is 159 cm³/mol. The average Bonchev–Trinajstić information content (AvgIpc) is 3.62. The fraction of sp³-hybridized carbons (Fsp3) is 0.484. The summed E-state index contributed by atoms with van der Waals surface area (Å²) in [6, 6.07) is 10.4. The molecule has 0 saturated heterocycles. The van der Waals surface area contributed by atoms with Crippen molar-refractivity contribution in [2.24, 2.45) is 11.3 Å². The van der Waals surface area contributed by atoms with Gasteiger partial charge in [0, 0.05) is 25.1 Å². The molecular weight excluding hydrogens is 565 g/mol. The van der Waals surface area contributed by atoms with E-state index in [-0.39, 0.29) is 33.8 Å². The van der Waals surface area contributed by atoms with Crippen LogP contribution in [0.3, 0.4) is 0 Å². The van der Waals surface area contributed by atoms with Crippen molar-refractivity contribution in [3.63, 3.8) is 0 Å². The van der Waals surface area contributed by atoms with E-state index in [1.807, 2.05) is 0 Å². The van der Waals surface area contributed by atoms with Crippen LogP contribution in [0.5, 0.6) is 0 Å². The van der Waals surface area contributed by atoms with E-state index in [1.54, 1.807) is 42.5 Å². The highest BCUT2D eigenvalue weighted by molar-refractivity contribution is 6.40. The smallest absolute Gasteiger partial charge is 0.326 e. The number of benzene rings is 2. The molecule has 8 nitrogen and oxygen atoms in total. The number of hydrogen-bond acceptors (Lipinski definition) is 4. The lowest BCUT2D eigenvalue weighted by Crippen LogP contribution is -2.49. The van der Waals surface area contributed by atoms with Crippen LogP contribution in [-0.2, 0) is 20.8 Å². The van der Waals surface area contributed by atoms with Gasteiger partial charge in [-0.15, -0.1) is 0 Å². The van der Waals surface area contributed by atoms with Crippen molar-refractivity contribution in [3.8, 4) is 0 Å². The normalized spacial score (nSPS) is 17.1. The van der Waals surface area contributed by atoms with E-state index in [2.05, 4.69) is 16.0 Å². The van der Waals surface area contributed by atoms with Gasteiger partial charge < -0.3 is 21.1 Å². The maximum absolute atomic E-state index is 13.4. The summed E-state index contributed by atoms with van der Waals surface area (Å²) >= 11 is 12.2. The van der Waals surface area contributed by atoms with Crippen molar-refractivity contribution >= 4 is 52.6 Å². The van der Waals surface area contributed by atoms with Crippen LogP contribution in [0.25, 0.3) is 0 Å². The molecule has 2 aromatic rings. The highest BCUT2D eigenvalue weighted by Gasteiger charge is 2.42. The molecule has 0 aliphatic heterocycles. The van der Waals surface area contributed by atoms with Gasteiger partial charge in [-0.2, -0.15) is 0 Å². The van der Waals surface area contributed by atoms with E-state index >= 15 is 0 Å². The lowest BCUT2D eigenvalue weighted by atomic mass is 9.81. The van der Waals surface area contributed by atoms with Crippen LogP contribution in [0.4, 0.5) is 5.69 Å². The Labute approximate surface area is 250 Å². The van der Waals surface area contributed by atoms with Crippen LogP contribution in [-0.4, -0.2) is 41.4 Å². The fourth-order valence-electron chi connectivity index (χ4n) is 6.01. The summed E-state index contributed by atoms with van der Waals surface area (Å²) in [5.41, 5.74) is 0.669. The summed E-state index contributed by atoms with van der Waals surface area (Å²) in [5.74, 6) is -1.36. The Bertz CT molecular complexity index is 1230. The van der Waals surface area contributed by atoms with E-state index in [0.29, 0.717) is 49.4 Å². The molecule has 2 aliphatic carbocycles. The minimum atomic E-state index is -1.12. The third-order valence-electron chi connectivity index (χ3n) is 8.36. The maximum Gasteiger partial charge on any atom is 0.326 e. The molecule has 0 aromatic heterocycles. The molecule has 3 amide bonds. The van der Waals surface area contributed by atoms with Crippen molar-refractivity contribution < 1.29 is 24.3 Å². The van der Waals surface area contributed by atoms with Gasteiger partial charge >= 0.3 is 5.97 Å². The Balaban J connectivity index is 1.33. The number of rotatable bonds is 12. The molecule has 10 heteroatoms. The van der Waals surface area contributed by atoms with Gasteiger partial charge in [-0.1, -0.05) is 67.1 Å². The number of amides is 3. The van der Waals surface area contributed by atoms with Crippen LogP contribution in [0.15, 0.2) is 42.5 Å². The molecule has 0 heterocycles. The number of aliphatic carboxylic acids is 1. The maximum atomic E-state index is 13.4. The fourth-order valence-corrected chi connectivity index (χ4v) is 6.58. The zero-order chi connectivity index (χ0) is 29.4. The lowest BCUT2D eigenvalue weighted by molar-refractivity contribution is -0.144. The third-order valence-corrected chi connectivity index (χ3v) is 8.99. The predicted octanol–water partition coefficient (Wildman–Crippen LogP) is 6.00. The van der Waals surface area contributed by atoms with Crippen LogP contribution in [0.2, 0.25) is 10.0 Å². The molecular formula is C31H37Cl2N3O5. The molecule has 0 bridgehead atoms. The van der Waals surface area contributed by atoms with Gasteiger partial charge in [0.15, 0.2) is 0 Å². The SMILES string of the molecule is O=C(CC1CCCC1)NCCC1(C(=O)N[C@@H](Cc2ccc(NC(=O)c3c(Cl)cccc3Cl)cc2)C(=O)O)CCCC1. The first-order valence-electron chi connectivity index (χ1n) is 14.3.